The predicted octanol–water partition coefficient (Wildman–Crippen LogP) is 3.77. The summed E-state index contributed by atoms with van der Waals surface area (Å²) in [6.07, 6.45) is 0. The van der Waals surface area contributed by atoms with E-state index in [4.69, 9.17) is 0 Å². The molecule has 0 atom stereocenters. The van der Waals surface area contributed by atoms with Crippen LogP contribution in [-0.4, -0.2) is 50.5 Å². The minimum atomic E-state index is -3.71. The number of hydrogen-bond donors (Lipinski definition) is 2. The number of rotatable bonds is 5. The van der Waals surface area contributed by atoms with Crippen LogP contribution in [0.3, 0.4) is 0 Å². The molecule has 2 N–H and O–H groups in total. The summed E-state index contributed by atoms with van der Waals surface area (Å²) in [7, 11) is -3.71. The average Bonchev–Trinajstić information content (AvgIpc) is 2.81. The maximum Gasteiger partial charge on any atom is 0.261 e. The van der Waals surface area contributed by atoms with E-state index in [0.717, 1.165) is 16.8 Å². The first kappa shape index (κ1) is 22.7. The van der Waals surface area contributed by atoms with Crippen molar-refractivity contribution in [3.8, 4) is 5.75 Å². The first-order valence-electron chi connectivity index (χ1n) is 10.8. The smallest absolute Gasteiger partial charge is 0.261 e. The van der Waals surface area contributed by atoms with Crippen LogP contribution in [0.2, 0.25) is 0 Å². The van der Waals surface area contributed by atoms with Gasteiger partial charge in [0, 0.05) is 37.4 Å². The number of para-hydroxylation sites is 2. The van der Waals surface area contributed by atoms with E-state index in [1.807, 2.05) is 26.0 Å². The Labute approximate surface area is 194 Å². The number of phenolic OH excluding ortho intramolecular Hbond substituents is 1. The molecule has 33 heavy (non-hydrogen) atoms. The van der Waals surface area contributed by atoms with Crippen molar-refractivity contribution in [2.75, 3.05) is 35.8 Å². The molecule has 7 nitrogen and oxygen atoms in total. The fourth-order valence-electron chi connectivity index (χ4n) is 3.84. The number of anilines is 2. The normalized spacial score (nSPS) is 14.2. The Kier molecular flexibility index (Phi) is 6.29. The lowest BCUT2D eigenvalue weighted by Crippen LogP contribution is -2.48. The van der Waals surface area contributed by atoms with Gasteiger partial charge in [-0.05, 0) is 73.5 Å². The lowest BCUT2D eigenvalue weighted by atomic mass is 10.1. The van der Waals surface area contributed by atoms with Crippen molar-refractivity contribution in [2.45, 2.75) is 18.7 Å². The summed E-state index contributed by atoms with van der Waals surface area (Å²) in [5.41, 5.74) is 3.60. The number of carbonyl (C=O) groups is 1. The Hall–Kier alpha value is -3.52. The number of amides is 1. The second kappa shape index (κ2) is 9.15. The molecule has 0 aliphatic carbocycles. The van der Waals surface area contributed by atoms with Crippen LogP contribution in [0.15, 0.2) is 71.6 Å². The summed E-state index contributed by atoms with van der Waals surface area (Å²) >= 11 is 0. The van der Waals surface area contributed by atoms with Gasteiger partial charge in [0.2, 0.25) is 0 Å². The number of carbonyl (C=O) groups excluding carboxylic acids is 1. The minimum absolute atomic E-state index is 0.101. The highest BCUT2D eigenvalue weighted by Gasteiger charge is 2.23. The number of benzene rings is 3. The van der Waals surface area contributed by atoms with Gasteiger partial charge in [-0.3, -0.25) is 9.52 Å². The van der Waals surface area contributed by atoms with Gasteiger partial charge in [-0.2, -0.15) is 0 Å². The third-order valence-corrected chi connectivity index (χ3v) is 7.34. The Morgan fingerprint density at radius 2 is 1.55 bits per heavy atom. The van der Waals surface area contributed by atoms with Gasteiger partial charge in [0.25, 0.3) is 15.9 Å². The van der Waals surface area contributed by atoms with Crippen LogP contribution >= 0.6 is 0 Å². The zero-order valence-electron chi connectivity index (χ0n) is 18.7. The van der Waals surface area contributed by atoms with Gasteiger partial charge in [0.05, 0.1) is 10.6 Å². The van der Waals surface area contributed by atoms with E-state index in [9.17, 15) is 18.3 Å². The van der Waals surface area contributed by atoms with Crippen LogP contribution in [-0.2, 0) is 10.0 Å². The van der Waals surface area contributed by atoms with Crippen molar-refractivity contribution in [1.29, 1.82) is 0 Å². The van der Waals surface area contributed by atoms with E-state index in [1.54, 1.807) is 59.5 Å². The maximum atomic E-state index is 12.9. The number of aromatic hydroxyl groups is 1. The molecule has 8 heteroatoms. The molecule has 0 unspecified atom stereocenters. The molecule has 1 heterocycles. The number of aryl methyl sites for hydroxylation is 2. The van der Waals surface area contributed by atoms with Gasteiger partial charge >= 0.3 is 0 Å². The molecule has 0 radical (unpaired) electrons. The molecule has 1 amide bonds. The molecule has 1 aliphatic heterocycles. The number of piperazine rings is 1. The van der Waals surface area contributed by atoms with E-state index in [2.05, 4.69) is 9.62 Å². The Morgan fingerprint density at radius 3 is 2.18 bits per heavy atom. The third kappa shape index (κ3) is 4.96. The van der Waals surface area contributed by atoms with Crippen molar-refractivity contribution in [1.82, 2.24) is 4.90 Å². The van der Waals surface area contributed by atoms with Crippen LogP contribution in [0.4, 0.5) is 11.4 Å². The number of nitrogens with one attached hydrogen (secondary N) is 1. The summed E-state index contributed by atoms with van der Waals surface area (Å²) in [5, 5.41) is 10.0. The predicted molar refractivity (Wildman–Crippen MR) is 129 cm³/mol. The summed E-state index contributed by atoms with van der Waals surface area (Å²) in [4.78, 5) is 16.9. The number of sulfonamides is 1. The zero-order chi connectivity index (χ0) is 23.6. The monoisotopic (exact) mass is 465 g/mol. The second-order valence-corrected chi connectivity index (χ2v) is 9.88. The fourth-order valence-corrected chi connectivity index (χ4v) is 4.98. The van der Waals surface area contributed by atoms with Crippen LogP contribution in [0, 0.1) is 13.8 Å². The van der Waals surface area contributed by atoms with E-state index in [0.29, 0.717) is 37.4 Å². The molecule has 0 aromatic heterocycles. The summed E-state index contributed by atoms with van der Waals surface area (Å²) in [6.45, 7) is 6.12. The van der Waals surface area contributed by atoms with Crippen LogP contribution < -0.4 is 9.62 Å². The van der Waals surface area contributed by atoms with Gasteiger partial charge in [-0.1, -0.05) is 18.2 Å². The summed E-state index contributed by atoms with van der Waals surface area (Å²) in [5.74, 6) is 0.131. The molecule has 3 aromatic carbocycles. The fraction of sp³-hybridized carbons (Fsp3) is 0.240. The Bertz CT molecular complexity index is 1270. The molecule has 1 aliphatic rings. The molecule has 4 rings (SSSR count). The number of nitrogens with zero attached hydrogens (tertiary/aromatic N) is 2. The van der Waals surface area contributed by atoms with Crippen molar-refractivity contribution < 1.29 is 18.3 Å². The second-order valence-electron chi connectivity index (χ2n) is 8.20. The lowest BCUT2D eigenvalue weighted by molar-refractivity contribution is 0.0746. The highest BCUT2D eigenvalue weighted by molar-refractivity contribution is 7.92. The van der Waals surface area contributed by atoms with Crippen LogP contribution in [0.25, 0.3) is 0 Å². The highest BCUT2D eigenvalue weighted by Crippen LogP contribution is 2.27. The quantitative estimate of drug-likeness (QED) is 0.599. The molecule has 0 saturated carbocycles. The number of hydrogen-bond acceptors (Lipinski definition) is 5. The Morgan fingerprint density at radius 1 is 0.879 bits per heavy atom. The SMILES string of the molecule is Cc1ccc(S(=O)(=O)Nc2ccc(C(=O)N3CCN(c4ccccc4O)CC3)cc2)cc1C. The third-order valence-electron chi connectivity index (χ3n) is 5.96. The van der Waals surface area contributed by atoms with Gasteiger partial charge < -0.3 is 14.9 Å². The van der Waals surface area contributed by atoms with Crippen molar-refractivity contribution in [2.24, 2.45) is 0 Å². The summed E-state index contributed by atoms with van der Waals surface area (Å²) < 4.78 is 28.0. The molecular formula is C25H27N3O4S. The largest absolute Gasteiger partial charge is 0.506 e. The van der Waals surface area contributed by atoms with Gasteiger partial charge in [-0.15, -0.1) is 0 Å². The molecule has 0 bridgehead atoms. The lowest BCUT2D eigenvalue weighted by Gasteiger charge is -2.36. The van der Waals surface area contributed by atoms with Crippen LogP contribution in [0.5, 0.6) is 5.75 Å². The first-order chi connectivity index (χ1) is 15.7. The van der Waals surface area contributed by atoms with E-state index in [-0.39, 0.29) is 16.6 Å². The van der Waals surface area contributed by atoms with Crippen molar-refractivity contribution in [3.63, 3.8) is 0 Å². The van der Waals surface area contributed by atoms with Gasteiger partial charge in [0.1, 0.15) is 5.75 Å². The molecule has 1 fully saturated rings. The maximum absolute atomic E-state index is 12.9. The summed E-state index contributed by atoms with van der Waals surface area (Å²) in [6, 6.07) is 18.7. The Balaban J connectivity index is 1.39. The molecule has 172 valence electrons. The van der Waals surface area contributed by atoms with Crippen molar-refractivity contribution >= 4 is 27.3 Å². The van der Waals surface area contributed by atoms with Crippen molar-refractivity contribution in [3.05, 3.63) is 83.4 Å². The molecule has 3 aromatic rings. The van der Waals surface area contributed by atoms with E-state index >= 15 is 0 Å². The van der Waals surface area contributed by atoms with Gasteiger partial charge in [-0.25, -0.2) is 8.42 Å². The number of phenols is 1. The first-order valence-corrected chi connectivity index (χ1v) is 12.3. The van der Waals surface area contributed by atoms with Crippen LogP contribution in [0.1, 0.15) is 21.5 Å². The van der Waals surface area contributed by atoms with Gasteiger partial charge in [0.15, 0.2) is 0 Å². The highest BCUT2D eigenvalue weighted by atomic mass is 32.2. The van der Waals surface area contributed by atoms with E-state index in [1.165, 1.54) is 0 Å². The minimum Gasteiger partial charge on any atom is -0.506 e. The topological polar surface area (TPSA) is 90.0 Å². The molecular weight excluding hydrogens is 438 g/mol. The van der Waals surface area contributed by atoms with E-state index < -0.39 is 10.0 Å². The molecule has 0 spiro atoms. The molecule has 1 saturated heterocycles. The average molecular weight is 466 g/mol. The standard InChI is InChI=1S/C25H27N3O4S/c1-18-7-12-22(17-19(18)2)33(31,32)26-21-10-8-20(9-11-21)25(30)28-15-13-27(14-16-28)23-5-3-4-6-24(23)29/h3-12,17,26,29H,13-16H2,1-2H3. The zero-order valence-corrected chi connectivity index (χ0v) is 19.5.